The third-order valence-electron chi connectivity index (χ3n) is 4.61. The molecule has 1 aliphatic heterocycles. The number of thioether (sulfide) groups is 1. The summed E-state index contributed by atoms with van der Waals surface area (Å²) < 4.78 is 5.13. The predicted molar refractivity (Wildman–Crippen MR) is 101 cm³/mol. The number of nitrogens with one attached hydrogen (secondary N) is 1. The van der Waals surface area contributed by atoms with Crippen molar-refractivity contribution in [2.24, 2.45) is 0 Å². The Morgan fingerprint density at radius 1 is 1.36 bits per heavy atom. The fraction of sp³-hybridized carbons (Fsp3) is 0.474. The van der Waals surface area contributed by atoms with E-state index in [1.807, 2.05) is 0 Å². The van der Waals surface area contributed by atoms with Crippen LogP contribution in [-0.4, -0.2) is 41.7 Å². The molecule has 1 aliphatic rings. The fourth-order valence-corrected chi connectivity index (χ4v) is 3.98. The first-order valence-electron chi connectivity index (χ1n) is 8.59. The van der Waals surface area contributed by atoms with Gasteiger partial charge in [-0.3, -0.25) is 9.69 Å². The second-order valence-electron chi connectivity index (χ2n) is 6.53. The monoisotopic (exact) mass is 359 g/mol. The number of fused-ring (bicyclic) bond motifs is 1. The van der Waals surface area contributed by atoms with Crippen molar-refractivity contribution in [3.05, 3.63) is 56.5 Å². The Balaban J connectivity index is 1.72. The summed E-state index contributed by atoms with van der Waals surface area (Å²) in [5.41, 5.74) is 5.56. The molecule has 6 heteroatoms. The van der Waals surface area contributed by atoms with Crippen LogP contribution in [0.15, 0.2) is 28.2 Å². The van der Waals surface area contributed by atoms with E-state index in [1.54, 1.807) is 18.9 Å². The van der Waals surface area contributed by atoms with Crippen LogP contribution in [0.4, 0.5) is 0 Å². The standard InChI is InChI=1S/C19H25N3O2S/c1-13-4-5-14(2)15(10-13)12-25-19-20-17-6-7-22(8-9-24-3)11-16(17)18(23)21-19/h4-5,10H,6-9,11-12H2,1-3H3,(H,20,21,23). The molecule has 0 unspecified atom stereocenters. The molecule has 134 valence electrons. The molecule has 0 spiro atoms. The zero-order chi connectivity index (χ0) is 17.8. The Labute approximate surface area is 152 Å². The lowest BCUT2D eigenvalue weighted by atomic mass is 10.1. The number of benzene rings is 1. The minimum absolute atomic E-state index is 0.00409. The van der Waals surface area contributed by atoms with Crippen LogP contribution < -0.4 is 5.56 Å². The van der Waals surface area contributed by atoms with Crippen molar-refractivity contribution in [1.29, 1.82) is 0 Å². The number of ether oxygens (including phenoxy) is 1. The molecule has 0 saturated carbocycles. The van der Waals surface area contributed by atoms with E-state index in [-0.39, 0.29) is 5.56 Å². The number of methoxy groups -OCH3 is 1. The molecule has 5 nitrogen and oxygen atoms in total. The third kappa shape index (κ3) is 4.51. The van der Waals surface area contributed by atoms with Crippen LogP contribution in [0.5, 0.6) is 0 Å². The zero-order valence-corrected chi connectivity index (χ0v) is 15.9. The normalized spacial score (nSPS) is 14.5. The van der Waals surface area contributed by atoms with Gasteiger partial charge in [-0.15, -0.1) is 0 Å². The van der Waals surface area contributed by atoms with Crippen molar-refractivity contribution in [3.63, 3.8) is 0 Å². The van der Waals surface area contributed by atoms with Gasteiger partial charge in [-0.1, -0.05) is 35.5 Å². The topological polar surface area (TPSA) is 58.2 Å². The quantitative estimate of drug-likeness (QED) is 0.635. The maximum atomic E-state index is 12.5. The van der Waals surface area contributed by atoms with E-state index in [0.717, 1.165) is 41.7 Å². The molecule has 1 N–H and O–H groups in total. The van der Waals surface area contributed by atoms with Crippen molar-refractivity contribution >= 4 is 11.8 Å². The molecule has 0 bridgehead atoms. The van der Waals surface area contributed by atoms with Crippen LogP contribution in [0.1, 0.15) is 27.9 Å². The van der Waals surface area contributed by atoms with Crippen molar-refractivity contribution in [3.8, 4) is 0 Å². The van der Waals surface area contributed by atoms with E-state index >= 15 is 0 Å². The van der Waals surface area contributed by atoms with Crippen LogP contribution in [-0.2, 0) is 23.5 Å². The second kappa shape index (κ2) is 8.17. The average Bonchev–Trinajstić information content (AvgIpc) is 2.61. The third-order valence-corrected chi connectivity index (χ3v) is 5.53. The number of nitrogens with zero attached hydrogens (tertiary/aromatic N) is 2. The summed E-state index contributed by atoms with van der Waals surface area (Å²) >= 11 is 1.60. The van der Waals surface area contributed by atoms with Crippen LogP contribution in [0.25, 0.3) is 0 Å². The van der Waals surface area contributed by atoms with Crippen molar-refractivity contribution in [1.82, 2.24) is 14.9 Å². The number of aromatic amines is 1. The summed E-state index contributed by atoms with van der Waals surface area (Å²) in [6.07, 6.45) is 0.819. The van der Waals surface area contributed by atoms with Gasteiger partial charge in [0.1, 0.15) is 0 Å². The fourth-order valence-electron chi connectivity index (χ4n) is 3.04. The zero-order valence-electron chi connectivity index (χ0n) is 15.1. The predicted octanol–water partition coefficient (Wildman–Crippen LogP) is 2.68. The summed E-state index contributed by atoms with van der Waals surface area (Å²) in [5, 5.41) is 0.718. The number of aryl methyl sites for hydroxylation is 2. The maximum Gasteiger partial charge on any atom is 0.256 e. The first-order chi connectivity index (χ1) is 12.1. The molecule has 0 aliphatic carbocycles. The van der Waals surface area contributed by atoms with Gasteiger partial charge in [0.2, 0.25) is 0 Å². The largest absolute Gasteiger partial charge is 0.383 e. The summed E-state index contributed by atoms with van der Waals surface area (Å²) in [6.45, 7) is 7.33. The first-order valence-corrected chi connectivity index (χ1v) is 9.57. The number of hydrogen-bond acceptors (Lipinski definition) is 5. The summed E-state index contributed by atoms with van der Waals surface area (Å²) in [5.74, 6) is 0.815. The van der Waals surface area contributed by atoms with E-state index in [2.05, 4.69) is 41.9 Å². The number of hydrogen-bond donors (Lipinski definition) is 1. The van der Waals surface area contributed by atoms with Gasteiger partial charge in [0, 0.05) is 38.9 Å². The Bertz CT molecular complexity index is 804. The molecule has 2 aromatic rings. The summed E-state index contributed by atoms with van der Waals surface area (Å²) in [4.78, 5) is 22.4. The highest BCUT2D eigenvalue weighted by atomic mass is 32.2. The van der Waals surface area contributed by atoms with E-state index in [0.29, 0.717) is 13.2 Å². The molecule has 0 saturated heterocycles. The number of aromatic nitrogens is 2. The minimum Gasteiger partial charge on any atom is -0.383 e. The molecule has 1 aromatic carbocycles. The van der Waals surface area contributed by atoms with Gasteiger partial charge in [-0.25, -0.2) is 4.98 Å². The number of rotatable bonds is 6. The van der Waals surface area contributed by atoms with Crippen molar-refractivity contribution in [2.45, 2.75) is 37.7 Å². The maximum absolute atomic E-state index is 12.5. The minimum atomic E-state index is -0.00409. The molecule has 2 heterocycles. The molecule has 0 radical (unpaired) electrons. The van der Waals surface area contributed by atoms with Crippen molar-refractivity contribution in [2.75, 3.05) is 26.8 Å². The molecule has 0 amide bonds. The number of H-pyrrole nitrogens is 1. The lowest BCUT2D eigenvalue weighted by molar-refractivity contribution is 0.139. The van der Waals surface area contributed by atoms with Crippen LogP contribution >= 0.6 is 11.8 Å². The van der Waals surface area contributed by atoms with Crippen LogP contribution in [0.3, 0.4) is 0 Å². The Kier molecular flexibility index (Phi) is 5.93. The van der Waals surface area contributed by atoms with Gasteiger partial charge >= 0.3 is 0 Å². The first kappa shape index (κ1) is 18.2. The highest BCUT2D eigenvalue weighted by molar-refractivity contribution is 7.98. The van der Waals surface area contributed by atoms with Crippen LogP contribution in [0, 0.1) is 13.8 Å². The lowest BCUT2D eigenvalue weighted by Gasteiger charge is -2.27. The molecule has 0 fully saturated rings. The van der Waals surface area contributed by atoms with E-state index in [4.69, 9.17) is 9.72 Å². The van der Waals surface area contributed by atoms with E-state index in [1.165, 1.54) is 16.7 Å². The van der Waals surface area contributed by atoms with E-state index in [9.17, 15) is 4.79 Å². The van der Waals surface area contributed by atoms with Gasteiger partial charge in [-0.2, -0.15) is 0 Å². The van der Waals surface area contributed by atoms with Gasteiger partial charge < -0.3 is 9.72 Å². The van der Waals surface area contributed by atoms with E-state index < -0.39 is 0 Å². The Hall–Kier alpha value is -1.63. The molecule has 3 rings (SSSR count). The van der Waals surface area contributed by atoms with Crippen LogP contribution in [0.2, 0.25) is 0 Å². The highest BCUT2D eigenvalue weighted by Crippen LogP contribution is 2.23. The molecule has 0 atom stereocenters. The molecular weight excluding hydrogens is 334 g/mol. The van der Waals surface area contributed by atoms with Gasteiger partial charge in [-0.05, 0) is 25.0 Å². The van der Waals surface area contributed by atoms with Crippen molar-refractivity contribution < 1.29 is 4.74 Å². The average molecular weight is 359 g/mol. The molecule has 25 heavy (non-hydrogen) atoms. The second-order valence-corrected chi connectivity index (χ2v) is 7.50. The summed E-state index contributed by atoms with van der Waals surface area (Å²) in [7, 11) is 1.70. The lowest BCUT2D eigenvalue weighted by Crippen LogP contribution is -2.37. The Morgan fingerprint density at radius 3 is 3.00 bits per heavy atom. The highest BCUT2D eigenvalue weighted by Gasteiger charge is 2.21. The molecule has 1 aromatic heterocycles. The Morgan fingerprint density at radius 2 is 2.20 bits per heavy atom. The van der Waals surface area contributed by atoms with Gasteiger partial charge in [0.25, 0.3) is 5.56 Å². The SMILES string of the molecule is COCCN1CCc2nc(SCc3cc(C)ccc3C)[nH]c(=O)c2C1. The van der Waals surface area contributed by atoms with Gasteiger partial charge in [0.15, 0.2) is 5.16 Å². The summed E-state index contributed by atoms with van der Waals surface area (Å²) in [6, 6.07) is 6.47. The molecular formula is C19H25N3O2S. The van der Waals surface area contributed by atoms with Gasteiger partial charge in [0.05, 0.1) is 17.9 Å². The smallest absolute Gasteiger partial charge is 0.256 e.